The van der Waals surface area contributed by atoms with Crippen LogP contribution in [0.25, 0.3) is 0 Å². The summed E-state index contributed by atoms with van der Waals surface area (Å²) in [4.78, 5) is 12.5. The summed E-state index contributed by atoms with van der Waals surface area (Å²) in [6.45, 7) is 10.4. The molecular weight excluding hydrogens is 698 g/mol. The molecule has 306 valence electrons. The molecule has 9 aliphatic rings. The third-order valence-electron chi connectivity index (χ3n) is 16.7. The van der Waals surface area contributed by atoms with Gasteiger partial charge in [-0.3, -0.25) is 4.79 Å². The van der Waals surface area contributed by atoms with E-state index in [4.69, 9.17) is 33.2 Å². The molecule has 0 aromatic carbocycles. The van der Waals surface area contributed by atoms with Gasteiger partial charge >= 0.3 is 0 Å². The van der Waals surface area contributed by atoms with Crippen molar-refractivity contribution in [2.45, 2.75) is 210 Å². The molecule has 2 bridgehead atoms. The largest absolute Gasteiger partial charge is 0.390 e. The second kappa shape index (κ2) is 14.1. The highest BCUT2D eigenvalue weighted by atomic mass is 16.7. The van der Waals surface area contributed by atoms with Crippen LogP contribution in [0.3, 0.4) is 0 Å². The smallest absolute Gasteiger partial charge is 0.222 e. The van der Waals surface area contributed by atoms with Gasteiger partial charge < -0.3 is 58.9 Å². The number of carbonyl (C=O) groups excluding carboxylic acids is 1. The molecule has 5 N–H and O–H groups in total. The Kier molecular flexibility index (Phi) is 10.1. The van der Waals surface area contributed by atoms with Crippen molar-refractivity contribution in [3.63, 3.8) is 0 Å². The number of rotatable bonds is 6. The van der Waals surface area contributed by atoms with Crippen LogP contribution in [-0.4, -0.2) is 118 Å². The maximum absolute atomic E-state index is 12.5. The van der Waals surface area contributed by atoms with Crippen LogP contribution < -0.4 is 5.32 Å². The second-order valence-corrected chi connectivity index (χ2v) is 19.4. The minimum atomic E-state index is -0.989. The highest BCUT2D eigenvalue weighted by Crippen LogP contribution is 2.73. The van der Waals surface area contributed by atoms with Gasteiger partial charge in [0.2, 0.25) is 5.91 Å². The van der Waals surface area contributed by atoms with Gasteiger partial charge in [-0.25, -0.2) is 0 Å². The van der Waals surface area contributed by atoms with Crippen LogP contribution in [-0.2, 0) is 38.0 Å². The van der Waals surface area contributed by atoms with Gasteiger partial charge in [0.05, 0.1) is 48.3 Å². The Labute approximate surface area is 319 Å². The van der Waals surface area contributed by atoms with Crippen LogP contribution in [0.15, 0.2) is 0 Å². The number of fused-ring (bicyclic) bond motifs is 5. The van der Waals surface area contributed by atoms with Crippen LogP contribution in [0, 0.1) is 40.4 Å². The quantitative estimate of drug-likeness (QED) is 0.251. The number of nitrogens with one attached hydrogen (secondary N) is 1. The summed E-state index contributed by atoms with van der Waals surface area (Å²) in [6.07, 6.45) is 2.48. The first kappa shape index (κ1) is 38.5. The Morgan fingerprint density at radius 3 is 1.93 bits per heavy atom. The third-order valence-corrected chi connectivity index (χ3v) is 16.7. The summed E-state index contributed by atoms with van der Waals surface area (Å²) >= 11 is 0. The minimum absolute atomic E-state index is 0.0693. The van der Waals surface area contributed by atoms with Gasteiger partial charge in [-0.2, -0.15) is 0 Å². The van der Waals surface area contributed by atoms with E-state index in [9.17, 15) is 25.2 Å². The van der Waals surface area contributed by atoms with Gasteiger partial charge in [-0.05, 0) is 108 Å². The molecule has 22 unspecified atom stereocenters. The lowest BCUT2D eigenvalue weighted by Gasteiger charge is -2.67. The number of ether oxygens (including phenoxy) is 7. The van der Waals surface area contributed by atoms with E-state index < -0.39 is 73.8 Å². The topological polar surface area (TPSA) is 175 Å². The highest BCUT2D eigenvalue weighted by Gasteiger charge is 2.73. The molecule has 13 heteroatoms. The molecule has 0 spiro atoms. The van der Waals surface area contributed by atoms with E-state index in [1.54, 1.807) is 13.8 Å². The normalized spacial score (nSPS) is 58.4. The van der Waals surface area contributed by atoms with Crippen molar-refractivity contribution in [1.29, 1.82) is 0 Å². The molecule has 9 fully saturated rings. The van der Waals surface area contributed by atoms with Crippen LogP contribution >= 0.6 is 0 Å². The maximum Gasteiger partial charge on any atom is 0.222 e. The summed E-state index contributed by atoms with van der Waals surface area (Å²) in [5.74, 6) is 2.76. The Morgan fingerprint density at radius 2 is 1.28 bits per heavy atom. The van der Waals surface area contributed by atoms with Crippen molar-refractivity contribution in [3.8, 4) is 0 Å². The van der Waals surface area contributed by atoms with E-state index in [0.29, 0.717) is 42.4 Å². The molecule has 0 aromatic heterocycles. The van der Waals surface area contributed by atoms with Crippen molar-refractivity contribution < 1.29 is 58.4 Å². The van der Waals surface area contributed by atoms with Gasteiger partial charge in [0.15, 0.2) is 18.9 Å². The molecule has 5 saturated heterocycles. The summed E-state index contributed by atoms with van der Waals surface area (Å²) < 4.78 is 44.2. The lowest BCUT2D eigenvalue weighted by Crippen LogP contribution is -2.67. The Morgan fingerprint density at radius 1 is 0.667 bits per heavy atom. The fraction of sp³-hybridized carbons (Fsp3) is 0.976. The number of carbonyl (C=O) groups is 1. The average Bonchev–Trinajstić information content (AvgIpc) is 3.57. The van der Waals surface area contributed by atoms with Gasteiger partial charge in [0.25, 0.3) is 0 Å². The Hall–Kier alpha value is -0.970. The van der Waals surface area contributed by atoms with Crippen LogP contribution in [0.2, 0.25) is 0 Å². The van der Waals surface area contributed by atoms with Crippen molar-refractivity contribution >= 4 is 5.91 Å². The molecule has 4 saturated carbocycles. The van der Waals surface area contributed by atoms with E-state index in [1.807, 2.05) is 6.92 Å². The van der Waals surface area contributed by atoms with E-state index in [-0.39, 0.29) is 47.5 Å². The molecule has 4 aliphatic carbocycles. The fourth-order valence-electron chi connectivity index (χ4n) is 13.9. The molecule has 54 heavy (non-hydrogen) atoms. The summed E-state index contributed by atoms with van der Waals surface area (Å²) in [5, 5.41) is 45.7. The van der Waals surface area contributed by atoms with Crippen molar-refractivity contribution in [1.82, 2.24) is 5.32 Å². The van der Waals surface area contributed by atoms with Gasteiger partial charge in [-0.1, -0.05) is 13.8 Å². The minimum Gasteiger partial charge on any atom is -0.390 e. The number of hydrogen-bond donors (Lipinski definition) is 5. The fourth-order valence-corrected chi connectivity index (χ4v) is 13.9. The van der Waals surface area contributed by atoms with Crippen molar-refractivity contribution in [2.24, 2.45) is 40.4 Å². The number of amides is 1. The molecule has 13 nitrogen and oxygen atoms in total. The predicted octanol–water partition coefficient (Wildman–Crippen LogP) is 3.26. The monoisotopic (exact) mass is 763 g/mol. The number of aliphatic hydroxyl groups excluding tert-OH is 4. The van der Waals surface area contributed by atoms with E-state index in [2.05, 4.69) is 19.2 Å². The predicted molar refractivity (Wildman–Crippen MR) is 191 cm³/mol. The van der Waals surface area contributed by atoms with Gasteiger partial charge in [0.1, 0.15) is 24.5 Å². The molecule has 22 atom stereocenters. The van der Waals surface area contributed by atoms with E-state index in [1.165, 1.54) is 32.1 Å². The second-order valence-electron chi connectivity index (χ2n) is 19.4. The van der Waals surface area contributed by atoms with Crippen LogP contribution in [0.5, 0.6) is 0 Å². The SMILES string of the molecule is CC1OC(OC2C(O)CC(OC3C(O)CC(OC4CCC5(C)C(CCC6C5CCC5(C)C7CCC65OC5NC(=O)CC57)C4)OC3C)OC2C)CC(O)C1O. The zero-order chi connectivity index (χ0) is 37.9. The summed E-state index contributed by atoms with van der Waals surface area (Å²) in [6, 6.07) is 0. The zero-order valence-electron chi connectivity index (χ0n) is 32.7. The first-order valence-corrected chi connectivity index (χ1v) is 21.3. The Bertz CT molecular complexity index is 1370. The summed E-state index contributed by atoms with van der Waals surface area (Å²) in [7, 11) is 0. The van der Waals surface area contributed by atoms with Crippen molar-refractivity contribution in [3.05, 3.63) is 0 Å². The van der Waals surface area contributed by atoms with Crippen molar-refractivity contribution in [2.75, 3.05) is 0 Å². The molecule has 0 aromatic rings. The van der Waals surface area contributed by atoms with Crippen LogP contribution in [0.4, 0.5) is 0 Å². The first-order valence-electron chi connectivity index (χ1n) is 21.3. The maximum atomic E-state index is 12.5. The number of hydrogen-bond acceptors (Lipinski definition) is 12. The first-order chi connectivity index (χ1) is 25.7. The highest BCUT2D eigenvalue weighted by molar-refractivity contribution is 5.79. The standard InChI is InChI=1S/C41H65NO12/c1-19-35(47)28(43)16-33(48-19)52-37-21(3)50-34(18-30(37)45)53-36-20(2)49-32(17-29(36)44)51-23-8-11-39(4)22(14-23)6-7-27-26(39)9-12-40(5)25-10-13-41(27,40)54-38-24(25)15-31(46)42-38/h19-30,32-38,43-45,47H,6-18H2,1-5H3,(H,42,46). The molecule has 0 radical (unpaired) electrons. The molecular formula is C41H65NO12. The Balaban J connectivity index is 0.776. The summed E-state index contributed by atoms with van der Waals surface area (Å²) in [5.41, 5.74) is 0.252. The van der Waals surface area contributed by atoms with E-state index in [0.717, 1.165) is 25.7 Å². The van der Waals surface area contributed by atoms with E-state index >= 15 is 0 Å². The molecule has 5 heterocycles. The average molecular weight is 764 g/mol. The number of aliphatic hydroxyl groups is 4. The van der Waals surface area contributed by atoms with Gasteiger partial charge in [0, 0.05) is 37.0 Å². The molecule has 5 aliphatic heterocycles. The zero-order valence-corrected chi connectivity index (χ0v) is 32.7. The third kappa shape index (κ3) is 6.16. The van der Waals surface area contributed by atoms with Crippen LogP contribution in [0.1, 0.15) is 118 Å². The molecule has 1 amide bonds. The lowest BCUT2D eigenvalue weighted by molar-refractivity contribution is -0.336. The molecule has 9 rings (SSSR count). The van der Waals surface area contributed by atoms with Gasteiger partial charge in [-0.15, -0.1) is 0 Å². The lowest BCUT2D eigenvalue weighted by atomic mass is 9.42.